The van der Waals surface area contributed by atoms with Crippen molar-refractivity contribution >= 4 is 5.91 Å². The fourth-order valence-electron chi connectivity index (χ4n) is 4.37. The second kappa shape index (κ2) is 11.7. The van der Waals surface area contributed by atoms with Crippen molar-refractivity contribution in [3.63, 3.8) is 0 Å². The number of hydrogen-bond acceptors (Lipinski definition) is 5. The molecule has 1 heterocycles. The Morgan fingerprint density at radius 1 is 1.21 bits per heavy atom. The van der Waals surface area contributed by atoms with Crippen molar-refractivity contribution in [3.8, 4) is 0 Å². The number of methoxy groups -OCH3 is 1. The molecule has 0 radical (unpaired) electrons. The largest absolute Gasteiger partial charge is 0.390 e. The van der Waals surface area contributed by atoms with Crippen LogP contribution in [0.3, 0.4) is 0 Å². The number of hydrogen-bond donors (Lipinski definition) is 3. The molecule has 3 atom stereocenters. The number of aliphatic hydroxyl groups excluding tert-OH is 1. The zero-order valence-corrected chi connectivity index (χ0v) is 20.3. The smallest absolute Gasteiger partial charge is 0.246 e. The van der Waals surface area contributed by atoms with Gasteiger partial charge in [-0.1, -0.05) is 55.5 Å². The van der Waals surface area contributed by atoms with Crippen molar-refractivity contribution < 1.29 is 19.4 Å². The SMILES string of the molecule is CCc1ccc2c(c1)[C@@H](NC[C@@H](O)[C@H](Cc1ccccc1)NC(=O)COC)CC(C)(C)OC2. The van der Waals surface area contributed by atoms with E-state index in [1.807, 2.05) is 30.3 Å². The van der Waals surface area contributed by atoms with Crippen LogP contribution in [0.25, 0.3) is 0 Å². The average molecular weight is 455 g/mol. The molecule has 3 rings (SSSR count). The highest BCUT2D eigenvalue weighted by atomic mass is 16.5. The molecule has 3 N–H and O–H groups in total. The van der Waals surface area contributed by atoms with E-state index in [2.05, 4.69) is 49.6 Å². The van der Waals surface area contributed by atoms with Gasteiger partial charge in [0, 0.05) is 19.7 Å². The number of nitrogens with one attached hydrogen (secondary N) is 2. The molecule has 0 saturated carbocycles. The first-order valence-electron chi connectivity index (χ1n) is 11.8. The Kier molecular flexibility index (Phi) is 9.03. The molecule has 0 aliphatic carbocycles. The van der Waals surface area contributed by atoms with Crippen LogP contribution < -0.4 is 10.6 Å². The summed E-state index contributed by atoms with van der Waals surface area (Å²) >= 11 is 0. The molecule has 0 spiro atoms. The van der Waals surface area contributed by atoms with Crippen LogP contribution in [0.2, 0.25) is 0 Å². The Balaban J connectivity index is 1.75. The number of aryl methyl sites for hydroxylation is 1. The fraction of sp³-hybridized carbons (Fsp3) is 0.519. The molecule has 6 heteroatoms. The zero-order valence-electron chi connectivity index (χ0n) is 20.3. The van der Waals surface area contributed by atoms with Crippen molar-refractivity contribution in [2.45, 2.75) is 70.4 Å². The monoisotopic (exact) mass is 454 g/mol. The highest BCUT2D eigenvalue weighted by molar-refractivity contribution is 5.77. The summed E-state index contributed by atoms with van der Waals surface area (Å²) in [5.74, 6) is -0.237. The van der Waals surface area contributed by atoms with Gasteiger partial charge in [0.1, 0.15) is 6.61 Å². The lowest BCUT2D eigenvalue weighted by Crippen LogP contribution is -2.50. The average Bonchev–Trinajstić information content (AvgIpc) is 2.93. The van der Waals surface area contributed by atoms with Gasteiger partial charge in [-0.05, 0) is 55.4 Å². The lowest BCUT2D eigenvalue weighted by Gasteiger charge is -2.30. The van der Waals surface area contributed by atoms with Gasteiger partial charge in [-0.25, -0.2) is 0 Å². The summed E-state index contributed by atoms with van der Waals surface area (Å²) in [5.41, 5.74) is 4.47. The molecule has 0 bridgehead atoms. The van der Waals surface area contributed by atoms with Crippen LogP contribution in [0.1, 0.15) is 55.5 Å². The number of ether oxygens (including phenoxy) is 2. The predicted octanol–water partition coefficient (Wildman–Crippen LogP) is 3.31. The molecular formula is C27H38N2O4. The van der Waals surface area contributed by atoms with E-state index in [1.165, 1.54) is 23.8 Å². The Labute approximate surface area is 197 Å². The summed E-state index contributed by atoms with van der Waals surface area (Å²) in [5, 5.41) is 17.6. The van der Waals surface area contributed by atoms with Crippen molar-refractivity contribution in [1.82, 2.24) is 10.6 Å². The molecule has 1 aliphatic rings. The van der Waals surface area contributed by atoms with Crippen molar-refractivity contribution in [2.24, 2.45) is 0 Å². The molecule has 33 heavy (non-hydrogen) atoms. The Morgan fingerprint density at radius 3 is 2.67 bits per heavy atom. The van der Waals surface area contributed by atoms with Crippen LogP contribution in [-0.2, 0) is 33.7 Å². The third kappa shape index (κ3) is 7.37. The number of carbonyl (C=O) groups is 1. The number of aliphatic hydroxyl groups is 1. The van der Waals surface area contributed by atoms with E-state index in [0.717, 1.165) is 18.4 Å². The van der Waals surface area contributed by atoms with E-state index in [0.29, 0.717) is 19.6 Å². The topological polar surface area (TPSA) is 79.8 Å². The number of rotatable bonds is 10. The van der Waals surface area contributed by atoms with Gasteiger partial charge in [0.15, 0.2) is 0 Å². The zero-order chi connectivity index (χ0) is 23.8. The first-order valence-corrected chi connectivity index (χ1v) is 11.8. The van der Waals surface area contributed by atoms with E-state index >= 15 is 0 Å². The maximum Gasteiger partial charge on any atom is 0.246 e. The van der Waals surface area contributed by atoms with E-state index < -0.39 is 12.1 Å². The van der Waals surface area contributed by atoms with Gasteiger partial charge in [-0.3, -0.25) is 4.79 Å². The summed E-state index contributed by atoms with van der Waals surface area (Å²) < 4.78 is 11.1. The molecule has 0 fully saturated rings. The highest BCUT2D eigenvalue weighted by Crippen LogP contribution is 2.34. The molecule has 0 saturated heterocycles. The van der Waals surface area contributed by atoms with E-state index in [1.54, 1.807) is 0 Å². The predicted molar refractivity (Wildman–Crippen MR) is 130 cm³/mol. The van der Waals surface area contributed by atoms with E-state index in [9.17, 15) is 9.90 Å². The van der Waals surface area contributed by atoms with Gasteiger partial charge in [0.2, 0.25) is 5.91 Å². The van der Waals surface area contributed by atoms with Gasteiger partial charge in [-0.15, -0.1) is 0 Å². The van der Waals surface area contributed by atoms with Crippen LogP contribution in [0, 0.1) is 0 Å². The lowest BCUT2D eigenvalue weighted by atomic mass is 9.91. The van der Waals surface area contributed by atoms with Crippen LogP contribution >= 0.6 is 0 Å². The fourth-order valence-corrected chi connectivity index (χ4v) is 4.37. The molecule has 180 valence electrons. The molecule has 6 nitrogen and oxygen atoms in total. The first kappa shape index (κ1) is 25.4. The van der Waals surface area contributed by atoms with Crippen molar-refractivity contribution in [2.75, 3.05) is 20.3 Å². The molecule has 0 aromatic heterocycles. The summed E-state index contributed by atoms with van der Waals surface area (Å²) in [7, 11) is 1.49. The molecule has 1 amide bonds. The third-order valence-corrected chi connectivity index (χ3v) is 6.27. The minimum Gasteiger partial charge on any atom is -0.390 e. The molecule has 0 unspecified atom stereocenters. The molecule has 1 aliphatic heterocycles. The van der Waals surface area contributed by atoms with Gasteiger partial charge in [0.05, 0.1) is 24.4 Å². The van der Waals surface area contributed by atoms with Gasteiger partial charge in [0.25, 0.3) is 0 Å². The number of fused-ring (bicyclic) bond motifs is 1. The van der Waals surface area contributed by atoms with Crippen molar-refractivity contribution in [3.05, 3.63) is 70.8 Å². The molecular weight excluding hydrogens is 416 g/mol. The Bertz CT molecular complexity index is 900. The van der Waals surface area contributed by atoms with E-state index in [-0.39, 0.29) is 24.2 Å². The quantitative estimate of drug-likeness (QED) is 0.513. The highest BCUT2D eigenvalue weighted by Gasteiger charge is 2.31. The van der Waals surface area contributed by atoms with Gasteiger partial charge >= 0.3 is 0 Å². The Hall–Kier alpha value is -2.25. The minimum absolute atomic E-state index is 0.0350. The van der Waals surface area contributed by atoms with Crippen LogP contribution in [0.4, 0.5) is 0 Å². The first-order chi connectivity index (χ1) is 15.8. The Morgan fingerprint density at radius 2 is 1.97 bits per heavy atom. The van der Waals surface area contributed by atoms with E-state index in [4.69, 9.17) is 9.47 Å². The van der Waals surface area contributed by atoms with Crippen LogP contribution in [-0.4, -0.2) is 49.0 Å². The summed E-state index contributed by atoms with van der Waals surface area (Å²) in [6.45, 7) is 7.26. The number of amides is 1. The summed E-state index contributed by atoms with van der Waals surface area (Å²) in [6, 6.07) is 16.1. The van der Waals surface area contributed by atoms with Crippen LogP contribution in [0.5, 0.6) is 0 Å². The van der Waals surface area contributed by atoms with Gasteiger partial charge < -0.3 is 25.2 Å². The number of benzene rings is 2. The lowest BCUT2D eigenvalue weighted by molar-refractivity contribution is -0.126. The number of carbonyl (C=O) groups excluding carboxylic acids is 1. The normalized spacial score (nSPS) is 19.2. The molecule has 2 aromatic rings. The third-order valence-electron chi connectivity index (χ3n) is 6.27. The maximum absolute atomic E-state index is 12.2. The summed E-state index contributed by atoms with van der Waals surface area (Å²) in [6.07, 6.45) is 1.53. The van der Waals surface area contributed by atoms with Crippen LogP contribution in [0.15, 0.2) is 48.5 Å². The summed E-state index contributed by atoms with van der Waals surface area (Å²) in [4.78, 5) is 12.2. The second-order valence-electron chi connectivity index (χ2n) is 9.46. The molecule has 2 aromatic carbocycles. The second-order valence-corrected chi connectivity index (χ2v) is 9.46. The van der Waals surface area contributed by atoms with Crippen molar-refractivity contribution in [1.29, 1.82) is 0 Å². The van der Waals surface area contributed by atoms with Gasteiger partial charge in [-0.2, -0.15) is 0 Å². The minimum atomic E-state index is -0.767. The maximum atomic E-state index is 12.2. The standard InChI is InChI=1S/C27H38N2O4/c1-5-19-11-12-21-17-33-27(2,3)15-24(22(21)13-19)28-16-25(30)23(29-26(31)18-32-4)14-20-9-7-6-8-10-20/h6-13,23-25,28,30H,5,14-18H2,1-4H3,(H,29,31)/t23-,24-,25+/m0/s1.